The summed E-state index contributed by atoms with van der Waals surface area (Å²) in [5, 5.41) is 46.0. The van der Waals surface area contributed by atoms with Crippen LogP contribution in [0.15, 0.2) is 78.0 Å². The first kappa shape index (κ1) is 38.7. The highest BCUT2D eigenvalue weighted by Gasteiger charge is 2.65. The molecule has 12 heteroatoms. The Labute approximate surface area is 305 Å². The van der Waals surface area contributed by atoms with Crippen LogP contribution in [0.25, 0.3) is 6.08 Å². The number of amides is 1. The number of nitrogens with zero attached hydrogens (tertiary/aromatic N) is 3. The van der Waals surface area contributed by atoms with Gasteiger partial charge < -0.3 is 34.5 Å². The lowest BCUT2D eigenvalue weighted by molar-refractivity contribution is -0.384. The third kappa shape index (κ3) is 8.09. The van der Waals surface area contributed by atoms with Gasteiger partial charge in [0.15, 0.2) is 0 Å². The zero-order chi connectivity index (χ0) is 37.3. The fourth-order valence-corrected chi connectivity index (χ4v) is 8.40. The van der Waals surface area contributed by atoms with E-state index in [0.29, 0.717) is 42.8 Å². The van der Waals surface area contributed by atoms with Crippen molar-refractivity contribution in [3.8, 4) is 11.5 Å². The third-order valence-corrected chi connectivity index (χ3v) is 10.5. The van der Waals surface area contributed by atoms with Gasteiger partial charge in [-0.05, 0) is 91.5 Å². The predicted octanol–water partition coefficient (Wildman–Crippen LogP) is 6.52. The molecule has 1 heterocycles. The molecule has 2 aliphatic carbocycles. The Balaban J connectivity index is 1.69. The number of phenols is 1. The minimum atomic E-state index is -1.39. The van der Waals surface area contributed by atoms with Gasteiger partial charge in [-0.1, -0.05) is 37.1 Å². The number of aliphatic hydroxyl groups is 2. The van der Waals surface area contributed by atoms with Gasteiger partial charge in [0.25, 0.3) is 5.69 Å². The summed E-state index contributed by atoms with van der Waals surface area (Å²) in [7, 11) is 1.50. The van der Waals surface area contributed by atoms with Crippen molar-refractivity contribution in [3.63, 3.8) is 0 Å². The van der Waals surface area contributed by atoms with Crippen molar-refractivity contribution in [2.45, 2.75) is 76.0 Å². The number of rotatable bonds is 18. The second-order valence-electron chi connectivity index (χ2n) is 13.7. The van der Waals surface area contributed by atoms with E-state index in [-0.39, 0.29) is 61.3 Å². The molecule has 1 saturated carbocycles. The van der Waals surface area contributed by atoms with Crippen LogP contribution in [0.5, 0.6) is 11.5 Å². The van der Waals surface area contributed by atoms with Crippen molar-refractivity contribution in [3.05, 3.63) is 94.1 Å². The van der Waals surface area contributed by atoms with Crippen LogP contribution >= 0.6 is 0 Å². The molecule has 5 rings (SSSR count). The van der Waals surface area contributed by atoms with Crippen LogP contribution in [-0.2, 0) is 14.4 Å². The first-order valence-electron chi connectivity index (χ1n) is 18.3. The summed E-state index contributed by atoms with van der Waals surface area (Å²) in [5.41, 5.74) is 3.04. The Morgan fingerprint density at radius 2 is 1.87 bits per heavy atom. The average molecular weight is 718 g/mol. The van der Waals surface area contributed by atoms with Crippen molar-refractivity contribution < 1.29 is 39.3 Å². The molecule has 0 radical (unpaired) electrons. The standard InChI is InChI=1S/C40H51N3O9/c1-4-20-42(37(47)19-14-27-12-15-29(16-13-27)43(48)49)36-26-34(41-50-3)32-24-28(10-6-8-21-44)31(11-7-9-22-45)38-33-25-30(46)17-18-35(33)52-40(36,39(32)38)51-23-5-2/h5,12-19,24-25,28,31,36,38-39,44-46H,2,4,6-11,20-23,26H2,1,3H3. The number of phenolic OH excluding ortho intramolecular Hbond substituents is 1. The van der Waals surface area contributed by atoms with E-state index in [9.17, 15) is 30.2 Å². The molecule has 280 valence electrons. The Bertz CT molecular complexity index is 1660. The molecule has 3 aliphatic rings. The minimum Gasteiger partial charge on any atom is -0.508 e. The molecule has 0 bridgehead atoms. The number of non-ortho nitro benzene ring substituents is 1. The summed E-state index contributed by atoms with van der Waals surface area (Å²) < 4.78 is 13.9. The van der Waals surface area contributed by atoms with Gasteiger partial charge in [0.05, 0.1) is 23.2 Å². The summed E-state index contributed by atoms with van der Waals surface area (Å²) in [6.07, 6.45) is 12.5. The topological polar surface area (TPSA) is 164 Å². The summed E-state index contributed by atoms with van der Waals surface area (Å²) in [6.45, 7) is 6.63. The van der Waals surface area contributed by atoms with E-state index in [2.05, 4.69) is 17.8 Å². The zero-order valence-electron chi connectivity index (χ0n) is 30.1. The van der Waals surface area contributed by atoms with Gasteiger partial charge in [0.1, 0.15) is 24.7 Å². The highest BCUT2D eigenvalue weighted by Crippen LogP contribution is 2.61. The maximum Gasteiger partial charge on any atom is 0.269 e. The van der Waals surface area contributed by atoms with Crippen LogP contribution in [0.1, 0.15) is 75.3 Å². The summed E-state index contributed by atoms with van der Waals surface area (Å²) in [4.78, 5) is 32.3. The van der Waals surface area contributed by atoms with Gasteiger partial charge in [0.2, 0.25) is 11.7 Å². The molecule has 1 aliphatic heterocycles. The number of aliphatic hydroxyl groups excluding tert-OH is 2. The number of ether oxygens (including phenoxy) is 2. The second-order valence-corrected chi connectivity index (χ2v) is 13.7. The van der Waals surface area contributed by atoms with E-state index >= 15 is 0 Å². The fraction of sp³-hybridized carbons (Fsp3) is 0.500. The number of nitro benzene ring substituents is 1. The SMILES string of the molecule is C=CCOC12Oc3ccc(O)cc3C3C(CCCCO)C(CCCCO)C=C(C(=NOC)CC1N(CCC)C(=O)C=Cc1ccc([N+](=O)[O-])cc1)C32. The number of allylic oxidation sites excluding steroid dienone is 1. The molecule has 0 spiro atoms. The maximum atomic E-state index is 14.3. The molecule has 1 fully saturated rings. The molecule has 3 N–H and O–H groups in total. The van der Waals surface area contributed by atoms with Crippen LogP contribution in [0.2, 0.25) is 0 Å². The van der Waals surface area contributed by atoms with Crippen molar-refractivity contribution >= 4 is 23.4 Å². The number of benzene rings is 2. The van der Waals surface area contributed by atoms with Gasteiger partial charge in [0, 0.05) is 55.9 Å². The number of aromatic hydroxyl groups is 1. The molecule has 1 amide bonds. The normalized spacial score (nSPS) is 25.5. The molecule has 0 saturated heterocycles. The van der Waals surface area contributed by atoms with Crippen LogP contribution in [0.4, 0.5) is 5.69 Å². The highest BCUT2D eigenvalue weighted by atomic mass is 16.7. The lowest BCUT2D eigenvalue weighted by Gasteiger charge is -2.60. The first-order chi connectivity index (χ1) is 25.2. The van der Waals surface area contributed by atoms with Crippen molar-refractivity contribution in [2.75, 3.05) is 33.5 Å². The minimum absolute atomic E-state index is 0.0381. The summed E-state index contributed by atoms with van der Waals surface area (Å²) in [6, 6.07) is 10.4. The fourth-order valence-electron chi connectivity index (χ4n) is 8.40. The number of carbonyl (C=O) groups is 1. The maximum absolute atomic E-state index is 14.3. The van der Waals surface area contributed by atoms with E-state index in [1.807, 2.05) is 6.92 Å². The Morgan fingerprint density at radius 3 is 2.52 bits per heavy atom. The zero-order valence-corrected chi connectivity index (χ0v) is 30.1. The van der Waals surface area contributed by atoms with Crippen LogP contribution in [0, 0.1) is 27.9 Å². The Kier molecular flexibility index (Phi) is 13.3. The van der Waals surface area contributed by atoms with Crippen molar-refractivity contribution in [1.29, 1.82) is 0 Å². The molecular formula is C40H51N3O9. The van der Waals surface area contributed by atoms with Gasteiger partial charge in [-0.2, -0.15) is 0 Å². The second kappa shape index (κ2) is 17.8. The number of carbonyl (C=O) groups excluding carboxylic acids is 1. The van der Waals surface area contributed by atoms with E-state index in [1.54, 1.807) is 47.4 Å². The van der Waals surface area contributed by atoms with Crippen molar-refractivity contribution in [2.24, 2.45) is 22.9 Å². The lowest BCUT2D eigenvalue weighted by Crippen LogP contribution is -2.70. The molecule has 2 aromatic carbocycles. The van der Waals surface area contributed by atoms with Crippen LogP contribution in [0.3, 0.4) is 0 Å². The number of nitro groups is 1. The third-order valence-electron chi connectivity index (χ3n) is 10.5. The lowest BCUT2D eigenvalue weighted by atomic mass is 9.55. The molecule has 52 heavy (non-hydrogen) atoms. The van der Waals surface area contributed by atoms with Crippen LogP contribution < -0.4 is 4.74 Å². The quantitative estimate of drug-likeness (QED) is 0.0512. The number of hydrogen-bond acceptors (Lipinski definition) is 10. The Hall–Kier alpha value is -4.52. The molecule has 6 unspecified atom stereocenters. The van der Waals surface area contributed by atoms with Gasteiger partial charge in [-0.3, -0.25) is 14.9 Å². The molecule has 12 nitrogen and oxygen atoms in total. The smallest absolute Gasteiger partial charge is 0.269 e. The molecule has 0 aromatic heterocycles. The summed E-state index contributed by atoms with van der Waals surface area (Å²) >= 11 is 0. The van der Waals surface area contributed by atoms with Crippen molar-refractivity contribution in [1.82, 2.24) is 4.90 Å². The monoisotopic (exact) mass is 717 g/mol. The number of fused-ring (bicyclic) bond motifs is 2. The van der Waals surface area contributed by atoms with E-state index in [0.717, 1.165) is 36.8 Å². The van der Waals surface area contributed by atoms with Gasteiger partial charge in [-0.25, -0.2) is 0 Å². The van der Waals surface area contributed by atoms with Gasteiger partial charge in [-0.15, -0.1) is 6.58 Å². The first-order valence-corrected chi connectivity index (χ1v) is 18.3. The summed E-state index contributed by atoms with van der Waals surface area (Å²) in [5.74, 6) is -1.55. The number of unbranched alkanes of at least 4 members (excludes halogenated alkanes) is 2. The van der Waals surface area contributed by atoms with Crippen LogP contribution in [-0.4, -0.2) is 82.1 Å². The number of oxime groups is 1. The average Bonchev–Trinajstić information content (AvgIpc) is 3.14. The largest absolute Gasteiger partial charge is 0.508 e. The van der Waals surface area contributed by atoms with E-state index in [4.69, 9.17) is 14.3 Å². The molecule has 6 atom stereocenters. The van der Waals surface area contributed by atoms with Gasteiger partial charge >= 0.3 is 0 Å². The molecule has 2 aromatic rings. The van der Waals surface area contributed by atoms with E-state index in [1.165, 1.54) is 25.3 Å². The molecular weight excluding hydrogens is 666 g/mol. The number of hydrogen-bond donors (Lipinski definition) is 3. The highest BCUT2D eigenvalue weighted by molar-refractivity contribution is 6.03. The Morgan fingerprint density at radius 1 is 1.13 bits per heavy atom. The predicted molar refractivity (Wildman–Crippen MR) is 198 cm³/mol. The van der Waals surface area contributed by atoms with E-state index < -0.39 is 22.7 Å².